The molecule has 0 saturated carbocycles. The molecule has 7 nitrogen and oxygen atoms in total. The van der Waals surface area contributed by atoms with Gasteiger partial charge in [-0.1, -0.05) is 24.3 Å². The normalized spacial score (nSPS) is 11.2. The van der Waals surface area contributed by atoms with Gasteiger partial charge in [0.05, 0.1) is 10.6 Å². The number of carbonyl (C=O) groups excluding carboxylic acids is 1. The van der Waals surface area contributed by atoms with E-state index in [0.717, 1.165) is 17.3 Å². The molecule has 4 rings (SSSR count). The average Bonchev–Trinajstić information content (AvgIpc) is 3.34. The Kier molecular flexibility index (Phi) is 6.23. The summed E-state index contributed by atoms with van der Waals surface area (Å²) < 4.78 is 43.1. The van der Waals surface area contributed by atoms with Crippen LogP contribution in [0.5, 0.6) is 0 Å². The van der Waals surface area contributed by atoms with Gasteiger partial charge in [0.2, 0.25) is 0 Å². The fourth-order valence-corrected chi connectivity index (χ4v) is 4.21. The molecule has 0 aliphatic heterocycles. The van der Waals surface area contributed by atoms with Gasteiger partial charge in [-0.3, -0.25) is 9.52 Å². The Balaban J connectivity index is 1.41. The number of rotatable bonds is 7. The number of nitrogens with one attached hydrogen (secondary N) is 2. The molecule has 0 aliphatic rings. The first-order valence-electron chi connectivity index (χ1n) is 10.1. The Bertz CT molecular complexity index is 1390. The van der Waals surface area contributed by atoms with Crippen molar-refractivity contribution < 1.29 is 17.6 Å². The van der Waals surface area contributed by atoms with E-state index in [9.17, 15) is 17.6 Å². The lowest BCUT2D eigenvalue weighted by atomic mass is 10.1. The summed E-state index contributed by atoms with van der Waals surface area (Å²) in [5, 5.41) is 6.99. The second-order valence-electron chi connectivity index (χ2n) is 7.40. The van der Waals surface area contributed by atoms with Gasteiger partial charge in [0.25, 0.3) is 15.9 Å². The minimum absolute atomic E-state index is 0.195. The smallest absolute Gasteiger partial charge is 0.261 e. The third-order valence-electron chi connectivity index (χ3n) is 4.99. The fourth-order valence-electron chi connectivity index (χ4n) is 3.15. The van der Waals surface area contributed by atoms with Crippen LogP contribution in [0, 0.1) is 12.7 Å². The summed E-state index contributed by atoms with van der Waals surface area (Å²) in [6, 6.07) is 19.2. The lowest BCUT2D eigenvalue weighted by molar-refractivity contribution is 0.0951. The molecule has 0 atom stereocenters. The molecule has 0 spiro atoms. The first-order chi connectivity index (χ1) is 15.8. The molecule has 1 aromatic heterocycles. The summed E-state index contributed by atoms with van der Waals surface area (Å²) >= 11 is 0. The van der Waals surface area contributed by atoms with Crippen LogP contribution in [0.25, 0.3) is 5.69 Å². The van der Waals surface area contributed by atoms with E-state index in [1.165, 1.54) is 24.3 Å². The molecule has 0 aliphatic carbocycles. The fraction of sp³-hybridized carbons (Fsp3) is 0.0833. The number of aryl methyl sites for hydroxylation is 1. The Morgan fingerprint density at radius 3 is 2.52 bits per heavy atom. The molecule has 2 N–H and O–H groups in total. The molecule has 0 unspecified atom stereocenters. The second kappa shape index (κ2) is 9.25. The zero-order valence-electron chi connectivity index (χ0n) is 17.7. The number of benzene rings is 3. The van der Waals surface area contributed by atoms with Crippen LogP contribution in [0.3, 0.4) is 0 Å². The number of carbonyl (C=O) groups is 1. The summed E-state index contributed by atoms with van der Waals surface area (Å²) in [7, 11) is -4.00. The van der Waals surface area contributed by atoms with E-state index in [0.29, 0.717) is 17.7 Å². The second-order valence-corrected chi connectivity index (χ2v) is 9.08. The van der Waals surface area contributed by atoms with Crippen LogP contribution in [0.2, 0.25) is 0 Å². The van der Waals surface area contributed by atoms with Gasteiger partial charge in [0, 0.05) is 30.2 Å². The summed E-state index contributed by atoms with van der Waals surface area (Å²) in [6.07, 6.45) is 3.54. The zero-order valence-corrected chi connectivity index (χ0v) is 18.5. The predicted octanol–water partition coefficient (Wildman–Crippen LogP) is 4.05. The summed E-state index contributed by atoms with van der Waals surface area (Å²) in [4.78, 5) is 12.4. The Morgan fingerprint density at radius 2 is 1.82 bits per heavy atom. The lowest BCUT2D eigenvalue weighted by Crippen LogP contribution is -2.23. The topological polar surface area (TPSA) is 93.1 Å². The van der Waals surface area contributed by atoms with Gasteiger partial charge in [0.15, 0.2) is 0 Å². The number of hydrogen-bond acceptors (Lipinski definition) is 4. The highest BCUT2D eigenvalue weighted by Gasteiger charge is 2.17. The molecule has 3 aromatic carbocycles. The van der Waals surface area contributed by atoms with Crippen molar-refractivity contribution in [3.05, 3.63) is 108 Å². The van der Waals surface area contributed by atoms with Crippen molar-refractivity contribution in [2.24, 2.45) is 0 Å². The third kappa shape index (κ3) is 5.27. The number of anilines is 1. The van der Waals surface area contributed by atoms with Crippen LogP contribution in [-0.2, 0) is 16.6 Å². The largest absolute Gasteiger partial charge is 0.348 e. The number of hydrogen-bond donors (Lipinski definition) is 2. The monoisotopic (exact) mass is 464 g/mol. The zero-order chi connectivity index (χ0) is 23.4. The van der Waals surface area contributed by atoms with Crippen LogP contribution >= 0.6 is 0 Å². The third-order valence-corrected chi connectivity index (χ3v) is 6.37. The molecule has 0 bridgehead atoms. The van der Waals surface area contributed by atoms with Gasteiger partial charge >= 0.3 is 0 Å². The Morgan fingerprint density at radius 1 is 1.03 bits per heavy atom. The van der Waals surface area contributed by atoms with Gasteiger partial charge in [-0.2, -0.15) is 5.10 Å². The predicted molar refractivity (Wildman–Crippen MR) is 123 cm³/mol. The van der Waals surface area contributed by atoms with E-state index >= 15 is 0 Å². The number of sulfonamides is 1. The van der Waals surface area contributed by atoms with E-state index in [2.05, 4.69) is 15.1 Å². The maximum Gasteiger partial charge on any atom is 0.261 e. The standard InChI is InChI=1S/C24H21FN4O3S/c1-17-6-11-22(15-23(17)25)33(31,32)28-20-5-2-4-19(14-20)24(30)26-16-18-7-9-21(10-8-18)29-13-3-12-27-29/h2-15,28H,16H2,1H3,(H,26,30). The van der Waals surface area contributed by atoms with Crippen LogP contribution in [0.1, 0.15) is 21.5 Å². The number of halogens is 1. The van der Waals surface area contributed by atoms with Crippen molar-refractivity contribution in [3.63, 3.8) is 0 Å². The van der Waals surface area contributed by atoms with E-state index in [4.69, 9.17) is 0 Å². The van der Waals surface area contributed by atoms with E-state index in [1.54, 1.807) is 29.9 Å². The summed E-state index contributed by atoms with van der Waals surface area (Å²) in [5.41, 5.74) is 2.65. The highest BCUT2D eigenvalue weighted by molar-refractivity contribution is 7.92. The first kappa shape index (κ1) is 22.2. The summed E-state index contributed by atoms with van der Waals surface area (Å²) in [5.74, 6) is -0.961. The van der Waals surface area contributed by atoms with Crippen molar-refractivity contribution in [2.75, 3.05) is 4.72 Å². The van der Waals surface area contributed by atoms with Crippen molar-refractivity contribution in [3.8, 4) is 5.69 Å². The molecule has 168 valence electrons. The Labute approximate surface area is 190 Å². The molecule has 1 amide bonds. The maximum absolute atomic E-state index is 13.8. The van der Waals surface area contributed by atoms with Crippen LogP contribution < -0.4 is 10.0 Å². The van der Waals surface area contributed by atoms with Crippen molar-refractivity contribution in [2.45, 2.75) is 18.4 Å². The van der Waals surface area contributed by atoms with Crippen LogP contribution in [0.15, 0.2) is 90.1 Å². The molecular weight excluding hydrogens is 443 g/mol. The maximum atomic E-state index is 13.8. The van der Waals surface area contributed by atoms with E-state index in [1.807, 2.05) is 36.5 Å². The molecule has 0 radical (unpaired) electrons. The van der Waals surface area contributed by atoms with Gasteiger partial charge < -0.3 is 5.32 Å². The molecule has 0 fully saturated rings. The molecule has 4 aromatic rings. The van der Waals surface area contributed by atoms with E-state index in [-0.39, 0.29) is 16.5 Å². The van der Waals surface area contributed by atoms with Crippen molar-refractivity contribution >= 4 is 21.6 Å². The minimum Gasteiger partial charge on any atom is -0.348 e. The van der Waals surface area contributed by atoms with Gasteiger partial charge in [-0.05, 0) is 66.6 Å². The molecular formula is C24H21FN4O3S. The summed E-state index contributed by atoms with van der Waals surface area (Å²) in [6.45, 7) is 1.85. The van der Waals surface area contributed by atoms with Gasteiger partial charge in [0.1, 0.15) is 5.82 Å². The lowest BCUT2D eigenvalue weighted by Gasteiger charge is -2.11. The number of nitrogens with zero attached hydrogens (tertiary/aromatic N) is 2. The van der Waals surface area contributed by atoms with E-state index < -0.39 is 15.8 Å². The number of amides is 1. The Hall–Kier alpha value is -3.98. The highest BCUT2D eigenvalue weighted by Crippen LogP contribution is 2.19. The first-order valence-corrected chi connectivity index (χ1v) is 11.6. The van der Waals surface area contributed by atoms with Crippen molar-refractivity contribution in [1.82, 2.24) is 15.1 Å². The SMILES string of the molecule is Cc1ccc(S(=O)(=O)Nc2cccc(C(=O)NCc3ccc(-n4cccn4)cc3)c2)cc1F. The molecule has 0 saturated heterocycles. The van der Waals surface area contributed by atoms with Crippen LogP contribution in [-0.4, -0.2) is 24.1 Å². The quantitative estimate of drug-likeness (QED) is 0.432. The number of aromatic nitrogens is 2. The average molecular weight is 465 g/mol. The molecule has 9 heteroatoms. The molecule has 1 heterocycles. The van der Waals surface area contributed by atoms with Crippen LogP contribution in [0.4, 0.5) is 10.1 Å². The van der Waals surface area contributed by atoms with Gasteiger partial charge in [-0.25, -0.2) is 17.5 Å². The van der Waals surface area contributed by atoms with Crippen molar-refractivity contribution in [1.29, 1.82) is 0 Å². The molecule has 33 heavy (non-hydrogen) atoms. The minimum atomic E-state index is -4.00. The van der Waals surface area contributed by atoms with Gasteiger partial charge in [-0.15, -0.1) is 0 Å². The highest BCUT2D eigenvalue weighted by atomic mass is 32.2.